The third kappa shape index (κ3) is 6.79. The van der Waals surface area contributed by atoms with E-state index in [9.17, 15) is 9.59 Å². The third-order valence-corrected chi connectivity index (χ3v) is 0.799. The molecular weight excluding hydrogens is 148 g/mol. The fourth-order valence-electron chi connectivity index (χ4n) is 0.446. The van der Waals surface area contributed by atoms with Crippen LogP contribution in [0.5, 0.6) is 0 Å². The van der Waals surface area contributed by atoms with Gasteiger partial charge in [-0.25, -0.2) is 0 Å². The fourth-order valence-corrected chi connectivity index (χ4v) is 0.446. The number of nitrogens with one attached hydrogen (secondary N) is 1. The van der Waals surface area contributed by atoms with Crippen LogP contribution >= 0.6 is 0 Å². The van der Waals surface area contributed by atoms with Gasteiger partial charge in [0.05, 0.1) is 0 Å². The Kier molecular flexibility index (Phi) is 4.21. The smallest absolute Gasteiger partial charge is 0.326 e. The molecule has 0 heterocycles. The van der Waals surface area contributed by atoms with Gasteiger partial charge in [-0.2, -0.15) is 0 Å². The SMILES string of the molecule is CC(=O)NCC(=O)OC(C)N. The van der Waals surface area contributed by atoms with Crippen molar-refractivity contribution in [3.05, 3.63) is 0 Å². The predicted octanol–water partition coefficient (Wildman–Crippen LogP) is -1.03. The first-order valence-electron chi connectivity index (χ1n) is 3.22. The summed E-state index contributed by atoms with van der Waals surface area (Å²) in [7, 11) is 0. The second-order valence-electron chi connectivity index (χ2n) is 2.10. The molecule has 0 aromatic carbocycles. The van der Waals surface area contributed by atoms with Gasteiger partial charge < -0.3 is 10.1 Å². The molecule has 0 rings (SSSR count). The Balaban J connectivity index is 3.45. The summed E-state index contributed by atoms with van der Waals surface area (Å²) in [6, 6.07) is 0. The lowest BCUT2D eigenvalue weighted by molar-refractivity contribution is -0.147. The molecule has 3 N–H and O–H groups in total. The zero-order chi connectivity index (χ0) is 8.85. The van der Waals surface area contributed by atoms with Crippen molar-refractivity contribution in [3.63, 3.8) is 0 Å². The first-order chi connectivity index (χ1) is 5.02. The Morgan fingerprint density at radius 1 is 1.64 bits per heavy atom. The third-order valence-electron chi connectivity index (χ3n) is 0.799. The normalized spacial score (nSPS) is 11.9. The Labute approximate surface area is 64.9 Å². The van der Waals surface area contributed by atoms with Gasteiger partial charge >= 0.3 is 5.97 Å². The van der Waals surface area contributed by atoms with Crippen molar-refractivity contribution in [2.45, 2.75) is 20.1 Å². The number of ether oxygens (including phenoxy) is 1. The van der Waals surface area contributed by atoms with Crippen LogP contribution in [0.4, 0.5) is 0 Å². The van der Waals surface area contributed by atoms with Crippen LogP contribution in [0, 0.1) is 0 Å². The van der Waals surface area contributed by atoms with Crippen LogP contribution in [0.15, 0.2) is 0 Å². The lowest BCUT2D eigenvalue weighted by Gasteiger charge is -2.07. The Morgan fingerprint density at radius 3 is 2.55 bits per heavy atom. The molecule has 1 unspecified atom stereocenters. The lowest BCUT2D eigenvalue weighted by Crippen LogP contribution is -2.32. The summed E-state index contributed by atoms with van der Waals surface area (Å²) < 4.78 is 4.52. The van der Waals surface area contributed by atoms with Gasteiger partial charge in [0.25, 0.3) is 0 Å². The number of carbonyl (C=O) groups is 2. The number of esters is 1. The molecule has 0 spiro atoms. The molecule has 0 aliphatic carbocycles. The molecule has 0 fully saturated rings. The first-order valence-corrected chi connectivity index (χ1v) is 3.22. The highest BCUT2D eigenvalue weighted by Crippen LogP contribution is 1.80. The number of rotatable bonds is 3. The number of hydrogen-bond donors (Lipinski definition) is 2. The van der Waals surface area contributed by atoms with E-state index < -0.39 is 12.2 Å². The molecule has 0 aromatic rings. The summed E-state index contributed by atoms with van der Waals surface area (Å²) in [6.07, 6.45) is -0.628. The molecule has 0 radical (unpaired) electrons. The molecular formula is C6H12N2O3. The van der Waals surface area contributed by atoms with Crippen LogP contribution in [0.1, 0.15) is 13.8 Å². The molecule has 0 saturated carbocycles. The number of carbonyl (C=O) groups excluding carboxylic acids is 2. The molecule has 0 saturated heterocycles. The minimum Gasteiger partial charge on any atom is -0.446 e. The fraction of sp³-hybridized carbons (Fsp3) is 0.667. The standard InChI is InChI=1S/C6H12N2O3/c1-4(7)11-6(10)3-8-5(2)9/h4H,3,7H2,1-2H3,(H,8,9). The van der Waals surface area contributed by atoms with E-state index in [1.807, 2.05) is 0 Å². The Hall–Kier alpha value is -1.10. The largest absolute Gasteiger partial charge is 0.446 e. The van der Waals surface area contributed by atoms with Gasteiger partial charge in [-0.15, -0.1) is 0 Å². The van der Waals surface area contributed by atoms with Gasteiger partial charge in [0.15, 0.2) is 0 Å². The molecule has 1 amide bonds. The van der Waals surface area contributed by atoms with E-state index in [1.165, 1.54) is 13.8 Å². The van der Waals surface area contributed by atoms with E-state index in [-0.39, 0.29) is 12.5 Å². The summed E-state index contributed by atoms with van der Waals surface area (Å²) in [5.74, 6) is -0.804. The van der Waals surface area contributed by atoms with Crippen molar-refractivity contribution >= 4 is 11.9 Å². The molecule has 0 aromatic heterocycles. The van der Waals surface area contributed by atoms with Gasteiger partial charge in [0.1, 0.15) is 12.8 Å². The summed E-state index contributed by atoms with van der Waals surface area (Å²) in [4.78, 5) is 20.9. The van der Waals surface area contributed by atoms with Gasteiger partial charge in [0.2, 0.25) is 5.91 Å². The van der Waals surface area contributed by atoms with Crippen molar-refractivity contribution in [1.82, 2.24) is 5.32 Å². The highest BCUT2D eigenvalue weighted by molar-refractivity contribution is 5.80. The monoisotopic (exact) mass is 160 g/mol. The van der Waals surface area contributed by atoms with Crippen molar-refractivity contribution in [3.8, 4) is 0 Å². The number of nitrogens with two attached hydrogens (primary N) is 1. The first kappa shape index (κ1) is 9.90. The topological polar surface area (TPSA) is 81.4 Å². The van der Waals surface area contributed by atoms with E-state index in [1.54, 1.807) is 0 Å². The predicted molar refractivity (Wildman–Crippen MR) is 38.4 cm³/mol. The van der Waals surface area contributed by atoms with Gasteiger partial charge in [0, 0.05) is 6.92 Å². The lowest BCUT2D eigenvalue weighted by atomic mass is 10.6. The second kappa shape index (κ2) is 4.68. The van der Waals surface area contributed by atoms with Gasteiger partial charge in [-0.3, -0.25) is 15.3 Å². The van der Waals surface area contributed by atoms with Crippen LogP contribution in [0.25, 0.3) is 0 Å². The van der Waals surface area contributed by atoms with E-state index in [0.29, 0.717) is 0 Å². The molecule has 11 heavy (non-hydrogen) atoms. The van der Waals surface area contributed by atoms with E-state index in [0.717, 1.165) is 0 Å². The zero-order valence-corrected chi connectivity index (χ0v) is 6.59. The van der Waals surface area contributed by atoms with Crippen LogP contribution in [0.2, 0.25) is 0 Å². The molecule has 0 aliphatic heterocycles. The maximum Gasteiger partial charge on any atom is 0.326 e. The van der Waals surface area contributed by atoms with Gasteiger partial charge in [-0.1, -0.05) is 0 Å². The van der Waals surface area contributed by atoms with Crippen molar-refractivity contribution in [1.29, 1.82) is 0 Å². The van der Waals surface area contributed by atoms with Crippen LogP contribution in [-0.4, -0.2) is 24.6 Å². The quantitative estimate of drug-likeness (QED) is 0.408. The second-order valence-corrected chi connectivity index (χ2v) is 2.10. The van der Waals surface area contributed by atoms with E-state index in [2.05, 4.69) is 10.1 Å². The summed E-state index contributed by atoms with van der Waals surface area (Å²) in [6.45, 7) is 2.72. The minimum absolute atomic E-state index is 0.128. The summed E-state index contributed by atoms with van der Waals surface area (Å²) >= 11 is 0. The summed E-state index contributed by atoms with van der Waals surface area (Å²) in [5, 5.41) is 2.28. The molecule has 5 nitrogen and oxygen atoms in total. The van der Waals surface area contributed by atoms with E-state index in [4.69, 9.17) is 5.73 Å². The molecule has 5 heteroatoms. The average molecular weight is 160 g/mol. The number of hydrogen-bond acceptors (Lipinski definition) is 4. The Morgan fingerprint density at radius 2 is 2.18 bits per heavy atom. The Bertz CT molecular complexity index is 156. The van der Waals surface area contributed by atoms with Crippen LogP contribution < -0.4 is 11.1 Å². The average Bonchev–Trinajstić information content (AvgIpc) is 1.82. The maximum absolute atomic E-state index is 10.6. The van der Waals surface area contributed by atoms with Crippen molar-refractivity contribution in [2.24, 2.45) is 5.73 Å². The zero-order valence-electron chi connectivity index (χ0n) is 6.59. The maximum atomic E-state index is 10.6. The number of amides is 1. The highest BCUT2D eigenvalue weighted by Gasteiger charge is 2.04. The molecule has 64 valence electrons. The molecule has 0 bridgehead atoms. The van der Waals surface area contributed by atoms with Crippen LogP contribution in [-0.2, 0) is 14.3 Å². The summed E-state index contributed by atoms with van der Waals surface area (Å²) in [5.41, 5.74) is 5.14. The highest BCUT2D eigenvalue weighted by atomic mass is 16.6. The van der Waals surface area contributed by atoms with Crippen LogP contribution in [0.3, 0.4) is 0 Å². The molecule has 0 aliphatic rings. The van der Waals surface area contributed by atoms with E-state index >= 15 is 0 Å². The minimum atomic E-state index is -0.628. The van der Waals surface area contributed by atoms with Crippen molar-refractivity contribution in [2.75, 3.05) is 6.54 Å². The molecule has 1 atom stereocenters. The van der Waals surface area contributed by atoms with Crippen molar-refractivity contribution < 1.29 is 14.3 Å². The van der Waals surface area contributed by atoms with Gasteiger partial charge in [-0.05, 0) is 6.92 Å².